The van der Waals surface area contributed by atoms with E-state index in [-0.39, 0.29) is 0 Å². The van der Waals surface area contributed by atoms with Crippen molar-refractivity contribution in [3.8, 4) is 5.88 Å². The maximum Gasteiger partial charge on any atom is 0.216 e. The number of fused-ring (bicyclic) bond motifs is 1. The first-order chi connectivity index (χ1) is 5.75. The van der Waals surface area contributed by atoms with Crippen LogP contribution in [0.1, 0.15) is 18.9 Å². The summed E-state index contributed by atoms with van der Waals surface area (Å²) in [5.41, 5.74) is 1.21. The van der Waals surface area contributed by atoms with Gasteiger partial charge in [0.15, 0.2) is 0 Å². The first-order valence-electron chi connectivity index (χ1n) is 4.07. The first kappa shape index (κ1) is 8.05. The van der Waals surface area contributed by atoms with E-state index < -0.39 is 0 Å². The van der Waals surface area contributed by atoms with Gasteiger partial charge in [-0.05, 0) is 41.8 Å². The maximum atomic E-state index is 5.55. The third kappa shape index (κ3) is 1.46. The molecular formula is C9H10BrNO. The zero-order valence-corrected chi connectivity index (χ0v) is 8.47. The van der Waals surface area contributed by atoms with Crippen LogP contribution in [-0.2, 0) is 6.42 Å². The van der Waals surface area contributed by atoms with E-state index >= 15 is 0 Å². The summed E-state index contributed by atoms with van der Waals surface area (Å²) >= 11 is 3.39. The number of rotatable bonds is 0. The molecule has 1 aromatic rings. The van der Waals surface area contributed by atoms with Crippen molar-refractivity contribution in [3.63, 3.8) is 0 Å². The molecule has 2 nitrogen and oxygen atoms in total. The lowest BCUT2D eigenvalue weighted by molar-refractivity contribution is 0.183. The summed E-state index contributed by atoms with van der Waals surface area (Å²) in [6.07, 6.45) is 4.25. The van der Waals surface area contributed by atoms with Crippen LogP contribution in [0, 0.1) is 0 Å². The minimum atomic E-state index is 0.311. The van der Waals surface area contributed by atoms with E-state index in [2.05, 4.69) is 33.9 Å². The van der Waals surface area contributed by atoms with Crippen molar-refractivity contribution in [2.75, 3.05) is 0 Å². The molecule has 0 saturated carbocycles. The quantitative estimate of drug-likeness (QED) is 0.680. The summed E-state index contributed by atoms with van der Waals surface area (Å²) in [7, 11) is 0. The molecule has 1 aliphatic heterocycles. The normalized spacial score (nSPS) is 21.3. The number of aryl methyl sites for hydroxylation is 1. The van der Waals surface area contributed by atoms with Gasteiger partial charge in [-0.2, -0.15) is 0 Å². The molecule has 0 N–H and O–H groups in total. The van der Waals surface area contributed by atoms with Crippen LogP contribution in [0.15, 0.2) is 16.7 Å². The van der Waals surface area contributed by atoms with Crippen molar-refractivity contribution >= 4 is 15.9 Å². The zero-order chi connectivity index (χ0) is 8.55. The van der Waals surface area contributed by atoms with E-state index in [0.29, 0.717) is 6.10 Å². The Hall–Kier alpha value is -0.570. The smallest absolute Gasteiger partial charge is 0.216 e. The van der Waals surface area contributed by atoms with Gasteiger partial charge in [0.25, 0.3) is 0 Å². The molecule has 1 atom stereocenters. The molecule has 0 amide bonds. The highest BCUT2D eigenvalue weighted by Gasteiger charge is 2.16. The summed E-state index contributed by atoms with van der Waals surface area (Å²) in [6.45, 7) is 2.08. The summed E-state index contributed by atoms with van der Waals surface area (Å²) in [6, 6.07) is 2.08. The highest BCUT2D eigenvalue weighted by molar-refractivity contribution is 9.10. The number of aromatic nitrogens is 1. The van der Waals surface area contributed by atoms with Gasteiger partial charge in [-0.25, -0.2) is 4.98 Å². The van der Waals surface area contributed by atoms with Gasteiger partial charge in [0.05, 0.1) is 6.10 Å². The van der Waals surface area contributed by atoms with Crippen LogP contribution in [0.3, 0.4) is 0 Å². The van der Waals surface area contributed by atoms with Crippen LogP contribution < -0.4 is 4.74 Å². The second-order valence-electron chi connectivity index (χ2n) is 3.08. The van der Waals surface area contributed by atoms with Gasteiger partial charge in [-0.3, -0.25) is 0 Å². The summed E-state index contributed by atoms with van der Waals surface area (Å²) < 4.78 is 6.58. The van der Waals surface area contributed by atoms with Crippen LogP contribution in [-0.4, -0.2) is 11.1 Å². The van der Waals surface area contributed by atoms with Crippen molar-refractivity contribution in [1.82, 2.24) is 4.98 Å². The number of halogens is 1. The van der Waals surface area contributed by atoms with E-state index in [1.54, 1.807) is 6.20 Å². The van der Waals surface area contributed by atoms with Crippen LogP contribution in [0.5, 0.6) is 5.88 Å². The fraction of sp³-hybridized carbons (Fsp3) is 0.444. The molecule has 0 aromatic carbocycles. The van der Waals surface area contributed by atoms with Crippen molar-refractivity contribution in [3.05, 3.63) is 22.3 Å². The Bertz CT molecular complexity index is 301. The molecule has 1 aromatic heterocycles. The molecule has 0 spiro atoms. The van der Waals surface area contributed by atoms with Gasteiger partial charge in [-0.15, -0.1) is 0 Å². The minimum absolute atomic E-state index is 0.311. The summed E-state index contributed by atoms with van der Waals surface area (Å²) in [5, 5.41) is 0. The van der Waals surface area contributed by atoms with E-state index in [0.717, 1.165) is 23.2 Å². The molecule has 3 heteroatoms. The largest absolute Gasteiger partial charge is 0.474 e. The van der Waals surface area contributed by atoms with E-state index in [1.165, 1.54) is 5.56 Å². The number of hydrogen-bond donors (Lipinski definition) is 0. The average Bonchev–Trinajstić information content (AvgIpc) is 2.05. The first-order valence-corrected chi connectivity index (χ1v) is 4.86. The maximum absolute atomic E-state index is 5.55. The van der Waals surface area contributed by atoms with Crippen molar-refractivity contribution in [2.45, 2.75) is 25.9 Å². The fourth-order valence-corrected chi connectivity index (χ4v) is 1.74. The van der Waals surface area contributed by atoms with Crippen LogP contribution >= 0.6 is 15.9 Å². The molecule has 0 aliphatic carbocycles. The Morgan fingerprint density at radius 2 is 2.50 bits per heavy atom. The second-order valence-corrected chi connectivity index (χ2v) is 4.00. The Morgan fingerprint density at radius 1 is 1.67 bits per heavy atom. The van der Waals surface area contributed by atoms with Crippen LogP contribution in [0.25, 0.3) is 0 Å². The van der Waals surface area contributed by atoms with Crippen molar-refractivity contribution < 1.29 is 4.74 Å². The minimum Gasteiger partial charge on any atom is -0.474 e. The molecule has 2 rings (SSSR count). The lowest BCUT2D eigenvalue weighted by atomic mass is 10.1. The molecule has 64 valence electrons. The highest BCUT2D eigenvalue weighted by Crippen LogP contribution is 2.27. The molecular weight excluding hydrogens is 218 g/mol. The number of hydrogen-bond acceptors (Lipinski definition) is 2. The Labute approximate surface area is 80.1 Å². The van der Waals surface area contributed by atoms with E-state index in [1.807, 2.05) is 0 Å². The van der Waals surface area contributed by atoms with E-state index in [4.69, 9.17) is 4.74 Å². The molecule has 2 heterocycles. The second kappa shape index (κ2) is 3.05. The zero-order valence-electron chi connectivity index (χ0n) is 6.88. The topological polar surface area (TPSA) is 22.1 Å². The van der Waals surface area contributed by atoms with Crippen LogP contribution in [0.2, 0.25) is 0 Å². The summed E-state index contributed by atoms with van der Waals surface area (Å²) in [4.78, 5) is 4.20. The van der Waals surface area contributed by atoms with Gasteiger partial charge in [0.2, 0.25) is 5.88 Å². The van der Waals surface area contributed by atoms with Crippen molar-refractivity contribution in [2.24, 2.45) is 0 Å². The molecule has 0 radical (unpaired) electrons. The van der Waals surface area contributed by atoms with Gasteiger partial charge in [0, 0.05) is 16.2 Å². The Kier molecular flexibility index (Phi) is 2.05. The lowest BCUT2D eigenvalue weighted by Crippen LogP contribution is -2.19. The Balaban J connectivity index is 2.37. The fourth-order valence-electron chi connectivity index (χ4n) is 1.36. The summed E-state index contributed by atoms with van der Waals surface area (Å²) in [5.74, 6) is 0.803. The molecule has 0 fully saturated rings. The molecule has 12 heavy (non-hydrogen) atoms. The van der Waals surface area contributed by atoms with E-state index in [9.17, 15) is 0 Å². The third-order valence-electron chi connectivity index (χ3n) is 2.02. The monoisotopic (exact) mass is 227 g/mol. The SMILES string of the molecule is CC1CCc2cc(Br)cnc2O1. The highest BCUT2D eigenvalue weighted by atomic mass is 79.9. The third-order valence-corrected chi connectivity index (χ3v) is 2.46. The molecule has 1 aliphatic rings. The molecule has 0 bridgehead atoms. The lowest BCUT2D eigenvalue weighted by Gasteiger charge is -2.21. The number of ether oxygens (including phenoxy) is 1. The standard InChI is InChI=1S/C9H10BrNO/c1-6-2-3-7-4-8(10)5-11-9(7)12-6/h4-6H,2-3H2,1H3. The van der Waals surface area contributed by atoms with Gasteiger partial charge in [0.1, 0.15) is 0 Å². The predicted molar refractivity (Wildman–Crippen MR) is 50.3 cm³/mol. The van der Waals surface area contributed by atoms with Gasteiger partial charge >= 0.3 is 0 Å². The molecule has 1 unspecified atom stereocenters. The predicted octanol–water partition coefficient (Wildman–Crippen LogP) is 2.56. The Morgan fingerprint density at radius 3 is 3.33 bits per heavy atom. The van der Waals surface area contributed by atoms with Crippen molar-refractivity contribution in [1.29, 1.82) is 0 Å². The van der Waals surface area contributed by atoms with Gasteiger partial charge in [-0.1, -0.05) is 0 Å². The number of nitrogens with zero attached hydrogens (tertiary/aromatic N) is 1. The van der Waals surface area contributed by atoms with Crippen LogP contribution in [0.4, 0.5) is 0 Å². The van der Waals surface area contributed by atoms with Gasteiger partial charge < -0.3 is 4.74 Å². The number of pyridine rings is 1. The average molecular weight is 228 g/mol. The molecule has 0 saturated heterocycles.